The maximum absolute atomic E-state index is 10.5. The summed E-state index contributed by atoms with van der Waals surface area (Å²) < 4.78 is 5.39. The summed E-state index contributed by atoms with van der Waals surface area (Å²) in [6, 6.07) is 4.02. The Labute approximate surface area is 110 Å². The molecule has 0 aliphatic carbocycles. The third kappa shape index (κ3) is 3.03. The number of benzene rings is 1. The van der Waals surface area contributed by atoms with E-state index in [0.29, 0.717) is 5.92 Å². The quantitative estimate of drug-likeness (QED) is 0.845. The van der Waals surface area contributed by atoms with Crippen LogP contribution in [0.25, 0.3) is 0 Å². The monoisotopic (exact) mass is 251 g/mol. The van der Waals surface area contributed by atoms with E-state index in [1.807, 2.05) is 26.1 Å². The molecule has 2 atom stereocenters. The number of ether oxygens (including phenoxy) is 1. The Bertz CT molecular complexity index is 402. The summed E-state index contributed by atoms with van der Waals surface area (Å²) in [4.78, 5) is 0. The smallest absolute Gasteiger partial charge is 0.125 e. The number of hydrogen-bond donors (Lipinski definition) is 2. The van der Waals surface area contributed by atoms with Crippen molar-refractivity contribution < 1.29 is 9.84 Å². The van der Waals surface area contributed by atoms with E-state index in [9.17, 15) is 5.11 Å². The second kappa shape index (κ2) is 6.21. The van der Waals surface area contributed by atoms with Crippen LogP contribution in [-0.4, -0.2) is 25.3 Å². The van der Waals surface area contributed by atoms with Crippen molar-refractivity contribution in [1.82, 2.24) is 5.32 Å². The molecule has 0 bridgehead atoms. The van der Waals surface area contributed by atoms with Crippen molar-refractivity contribution in [1.29, 1.82) is 0 Å². The first-order valence-electron chi connectivity index (χ1n) is 6.42. The molecule has 0 saturated heterocycles. The van der Waals surface area contributed by atoms with Crippen molar-refractivity contribution in [3.05, 3.63) is 28.8 Å². The molecule has 0 saturated carbocycles. The molecular weight excluding hydrogens is 226 g/mol. The Hall–Kier alpha value is -1.06. The van der Waals surface area contributed by atoms with Crippen LogP contribution >= 0.6 is 0 Å². The van der Waals surface area contributed by atoms with Crippen LogP contribution < -0.4 is 10.1 Å². The zero-order valence-corrected chi connectivity index (χ0v) is 12.2. The van der Waals surface area contributed by atoms with Gasteiger partial charge in [-0.15, -0.1) is 0 Å². The van der Waals surface area contributed by atoms with Crippen LogP contribution in [0.15, 0.2) is 12.1 Å². The topological polar surface area (TPSA) is 41.5 Å². The first-order chi connectivity index (χ1) is 8.42. The average Bonchev–Trinajstić information content (AvgIpc) is 2.32. The van der Waals surface area contributed by atoms with Gasteiger partial charge >= 0.3 is 0 Å². The van der Waals surface area contributed by atoms with Gasteiger partial charge in [-0.1, -0.05) is 13.8 Å². The Kier molecular flexibility index (Phi) is 5.17. The number of hydrogen-bond acceptors (Lipinski definition) is 3. The second-order valence-corrected chi connectivity index (χ2v) is 5.18. The van der Waals surface area contributed by atoms with Gasteiger partial charge in [0.25, 0.3) is 0 Å². The molecule has 3 nitrogen and oxygen atoms in total. The molecule has 0 heterocycles. The Morgan fingerprint density at radius 1 is 1.17 bits per heavy atom. The molecule has 2 N–H and O–H groups in total. The van der Waals surface area contributed by atoms with Crippen LogP contribution in [-0.2, 0) is 0 Å². The van der Waals surface area contributed by atoms with Crippen molar-refractivity contribution in [3.63, 3.8) is 0 Å². The summed E-state index contributed by atoms with van der Waals surface area (Å²) in [5.41, 5.74) is 3.20. The zero-order valence-electron chi connectivity index (χ0n) is 12.2. The van der Waals surface area contributed by atoms with Crippen molar-refractivity contribution in [3.8, 4) is 5.75 Å². The van der Waals surface area contributed by atoms with Crippen LogP contribution in [0.1, 0.15) is 36.6 Å². The van der Waals surface area contributed by atoms with Gasteiger partial charge in [0.2, 0.25) is 0 Å². The predicted molar refractivity (Wildman–Crippen MR) is 75.1 cm³/mol. The van der Waals surface area contributed by atoms with Crippen molar-refractivity contribution in [2.24, 2.45) is 5.92 Å². The maximum atomic E-state index is 10.5. The largest absolute Gasteiger partial charge is 0.496 e. The number of aliphatic hydroxyl groups excluding tert-OH is 1. The standard InChI is InChI=1S/C15H25NO2/c1-9(2)14(16-5)15(17)12-7-10(3)11(4)8-13(12)18-6/h7-9,14-17H,1-6H3. The van der Waals surface area contributed by atoms with Gasteiger partial charge < -0.3 is 15.2 Å². The summed E-state index contributed by atoms with van der Waals surface area (Å²) in [6.45, 7) is 8.29. The maximum Gasteiger partial charge on any atom is 0.125 e. The minimum atomic E-state index is -0.566. The fourth-order valence-electron chi connectivity index (χ4n) is 2.27. The number of nitrogens with one attached hydrogen (secondary N) is 1. The van der Waals surface area contributed by atoms with Gasteiger partial charge in [-0.2, -0.15) is 0 Å². The van der Waals surface area contributed by atoms with Gasteiger partial charge in [0.1, 0.15) is 5.75 Å². The van der Waals surface area contributed by atoms with Crippen molar-refractivity contribution in [2.45, 2.75) is 39.8 Å². The van der Waals surface area contributed by atoms with E-state index in [-0.39, 0.29) is 6.04 Å². The molecule has 2 unspecified atom stereocenters. The third-order valence-electron chi connectivity index (χ3n) is 3.56. The lowest BCUT2D eigenvalue weighted by Crippen LogP contribution is -2.37. The van der Waals surface area contributed by atoms with Crippen LogP contribution in [0.2, 0.25) is 0 Å². The Morgan fingerprint density at radius 2 is 1.72 bits per heavy atom. The number of methoxy groups -OCH3 is 1. The number of likely N-dealkylation sites (N-methyl/N-ethyl adjacent to an activating group) is 1. The highest BCUT2D eigenvalue weighted by Gasteiger charge is 2.25. The Balaban J connectivity index is 3.18. The predicted octanol–water partition coefficient (Wildman–Crippen LogP) is 2.59. The molecule has 1 aromatic carbocycles. The molecule has 1 aromatic rings. The lowest BCUT2D eigenvalue weighted by molar-refractivity contribution is 0.107. The van der Waals surface area contributed by atoms with Gasteiger partial charge in [-0.3, -0.25) is 0 Å². The summed E-state index contributed by atoms with van der Waals surface area (Å²) in [5.74, 6) is 1.10. The molecule has 0 aromatic heterocycles. The van der Waals surface area contributed by atoms with Crippen LogP contribution in [0.4, 0.5) is 0 Å². The first-order valence-corrected chi connectivity index (χ1v) is 6.42. The molecular formula is C15H25NO2. The van der Waals surface area contributed by atoms with Crippen LogP contribution in [0.5, 0.6) is 5.75 Å². The zero-order chi connectivity index (χ0) is 13.9. The highest BCUT2D eigenvalue weighted by molar-refractivity contribution is 5.43. The van der Waals surface area contributed by atoms with E-state index in [1.54, 1.807) is 7.11 Å². The Morgan fingerprint density at radius 3 is 2.17 bits per heavy atom. The molecule has 0 aliphatic heterocycles. The highest BCUT2D eigenvalue weighted by Crippen LogP contribution is 2.32. The van der Waals surface area contributed by atoms with Gasteiger partial charge in [-0.05, 0) is 50.1 Å². The summed E-state index contributed by atoms with van der Waals surface area (Å²) in [7, 11) is 3.52. The van der Waals surface area contributed by atoms with Crippen LogP contribution in [0.3, 0.4) is 0 Å². The van der Waals surface area contributed by atoms with Gasteiger partial charge in [0, 0.05) is 11.6 Å². The first kappa shape index (κ1) is 15.0. The van der Waals surface area contributed by atoms with Crippen LogP contribution in [0, 0.1) is 19.8 Å². The molecule has 102 valence electrons. The molecule has 3 heteroatoms. The van der Waals surface area contributed by atoms with E-state index in [1.165, 1.54) is 11.1 Å². The fourth-order valence-corrected chi connectivity index (χ4v) is 2.27. The van der Waals surface area contributed by atoms with Crippen molar-refractivity contribution in [2.75, 3.05) is 14.2 Å². The summed E-state index contributed by atoms with van der Waals surface area (Å²) in [6.07, 6.45) is -0.566. The summed E-state index contributed by atoms with van der Waals surface area (Å²) in [5, 5.41) is 13.7. The van der Waals surface area contributed by atoms with E-state index < -0.39 is 6.10 Å². The average molecular weight is 251 g/mol. The SMILES string of the molecule is CNC(C(C)C)C(O)c1cc(C)c(C)cc1OC. The minimum Gasteiger partial charge on any atom is -0.496 e. The number of rotatable bonds is 5. The van der Waals surface area contributed by atoms with E-state index >= 15 is 0 Å². The lowest BCUT2D eigenvalue weighted by Gasteiger charge is -2.27. The van der Waals surface area contributed by atoms with Gasteiger partial charge in [-0.25, -0.2) is 0 Å². The number of aryl methyl sites for hydroxylation is 2. The summed E-state index contributed by atoms with van der Waals surface area (Å²) >= 11 is 0. The van der Waals surface area contributed by atoms with E-state index in [4.69, 9.17) is 4.74 Å². The highest BCUT2D eigenvalue weighted by atomic mass is 16.5. The molecule has 0 aliphatic rings. The van der Waals surface area contributed by atoms with Crippen molar-refractivity contribution >= 4 is 0 Å². The number of aliphatic hydroxyl groups is 1. The molecule has 0 amide bonds. The van der Waals surface area contributed by atoms with E-state index in [2.05, 4.69) is 26.1 Å². The molecule has 18 heavy (non-hydrogen) atoms. The lowest BCUT2D eigenvalue weighted by atomic mass is 9.91. The third-order valence-corrected chi connectivity index (χ3v) is 3.56. The second-order valence-electron chi connectivity index (χ2n) is 5.18. The van der Waals surface area contributed by atoms with E-state index in [0.717, 1.165) is 11.3 Å². The molecule has 0 fully saturated rings. The van der Waals surface area contributed by atoms with Gasteiger partial charge in [0.05, 0.1) is 13.2 Å². The minimum absolute atomic E-state index is 0.0148. The van der Waals surface area contributed by atoms with Gasteiger partial charge in [0.15, 0.2) is 0 Å². The normalized spacial score (nSPS) is 14.7. The molecule has 0 radical (unpaired) electrons. The molecule has 1 rings (SSSR count). The molecule has 0 spiro atoms. The fraction of sp³-hybridized carbons (Fsp3) is 0.600.